The second-order valence-corrected chi connectivity index (χ2v) is 7.59. The maximum absolute atomic E-state index is 12.6. The van der Waals surface area contributed by atoms with Gasteiger partial charge in [-0.2, -0.15) is 0 Å². The molecule has 0 unspecified atom stereocenters. The number of esters is 1. The second kappa shape index (κ2) is 10.1. The lowest BCUT2D eigenvalue weighted by molar-refractivity contribution is -0.129. The summed E-state index contributed by atoms with van der Waals surface area (Å²) in [5.41, 5.74) is 2.24. The topological polar surface area (TPSA) is 55.4 Å². The van der Waals surface area contributed by atoms with Gasteiger partial charge in [0.2, 0.25) is 5.91 Å². The van der Waals surface area contributed by atoms with Crippen LogP contribution in [0.4, 0.5) is 0 Å². The summed E-state index contributed by atoms with van der Waals surface area (Å²) in [6.07, 6.45) is 6.22. The second-order valence-electron chi connectivity index (χ2n) is 7.59. The van der Waals surface area contributed by atoms with Crippen molar-refractivity contribution in [2.24, 2.45) is 5.41 Å². The molecule has 1 amide bonds. The molecule has 0 saturated carbocycles. The third kappa shape index (κ3) is 6.32. The van der Waals surface area contributed by atoms with Gasteiger partial charge in [-0.1, -0.05) is 65.7 Å². The van der Waals surface area contributed by atoms with Crippen LogP contribution in [-0.2, 0) is 9.53 Å². The van der Waals surface area contributed by atoms with Crippen LogP contribution in [0, 0.1) is 5.41 Å². The first-order chi connectivity index (χ1) is 12.2. The summed E-state index contributed by atoms with van der Waals surface area (Å²) >= 11 is 0. The molecule has 4 nitrogen and oxygen atoms in total. The minimum absolute atomic E-state index is 0.0121. The number of nitrogens with one attached hydrogen (secondary N) is 1. The van der Waals surface area contributed by atoms with Crippen molar-refractivity contribution in [1.29, 1.82) is 0 Å². The Kier molecular flexibility index (Phi) is 8.56. The highest BCUT2D eigenvalue weighted by atomic mass is 16.5. The standard InChI is InChI=1S/C22H33NO3/c1-7-9-11-16(10-8-2)19(23-21(25)22(3,4)5)17-12-14-18(15-13-17)20(24)26-6/h11-15,19H,7-10H2,1-6H3,(H,23,25)/b16-11+/t19-/m1/s1. The Bertz CT molecular complexity index is 624. The van der Waals surface area contributed by atoms with Crippen molar-refractivity contribution in [3.8, 4) is 0 Å². The van der Waals surface area contributed by atoms with Crippen molar-refractivity contribution < 1.29 is 14.3 Å². The van der Waals surface area contributed by atoms with Crippen LogP contribution in [-0.4, -0.2) is 19.0 Å². The van der Waals surface area contributed by atoms with Gasteiger partial charge in [-0.3, -0.25) is 4.79 Å². The molecule has 1 aromatic carbocycles. The molecule has 0 heterocycles. The van der Waals surface area contributed by atoms with Crippen LogP contribution in [0.1, 0.15) is 82.3 Å². The molecule has 0 saturated heterocycles. The Morgan fingerprint density at radius 2 is 1.73 bits per heavy atom. The monoisotopic (exact) mass is 359 g/mol. The fraction of sp³-hybridized carbons (Fsp3) is 0.545. The minimum atomic E-state index is -0.466. The maximum atomic E-state index is 12.6. The molecule has 0 aliphatic heterocycles. The zero-order valence-corrected chi connectivity index (χ0v) is 17.0. The predicted octanol–water partition coefficient (Wildman–Crippen LogP) is 5.20. The molecule has 0 bridgehead atoms. The van der Waals surface area contributed by atoms with Gasteiger partial charge in [-0.05, 0) is 36.1 Å². The largest absolute Gasteiger partial charge is 0.465 e. The molecular formula is C22H33NO3. The van der Waals surface area contributed by atoms with Gasteiger partial charge in [0.05, 0.1) is 18.7 Å². The Balaban J connectivity index is 3.25. The Morgan fingerprint density at radius 1 is 1.12 bits per heavy atom. The van der Waals surface area contributed by atoms with Crippen molar-refractivity contribution in [2.75, 3.05) is 7.11 Å². The summed E-state index contributed by atoms with van der Waals surface area (Å²) in [5.74, 6) is -0.347. The van der Waals surface area contributed by atoms with E-state index < -0.39 is 5.41 Å². The zero-order valence-electron chi connectivity index (χ0n) is 17.0. The van der Waals surface area contributed by atoms with E-state index in [-0.39, 0.29) is 17.9 Å². The first-order valence-electron chi connectivity index (χ1n) is 9.42. The molecule has 1 atom stereocenters. The number of amides is 1. The SMILES string of the molecule is CCC/C=C(\CCC)[C@@H](NC(=O)C(C)(C)C)c1ccc(C(=O)OC)cc1. The van der Waals surface area contributed by atoms with E-state index in [9.17, 15) is 9.59 Å². The number of unbranched alkanes of at least 4 members (excludes halogenated alkanes) is 1. The minimum Gasteiger partial charge on any atom is -0.465 e. The molecular weight excluding hydrogens is 326 g/mol. The quantitative estimate of drug-likeness (QED) is 0.512. The summed E-state index contributed by atoms with van der Waals surface area (Å²) < 4.78 is 4.76. The summed E-state index contributed by atoms with van der Waals surface area (Å²) in [4.78, 5) is 24.3. The van der Waals surface area contributed by atoms with Crippen LogP contribution < -0.4 is 5.32 Å². The van der Waals surface area contributed by atoms with Crippen molar-refractivity contribution in [2.45, 2.75) is 66.3 Å². The molecule has 1 rings (SSSR count). The van der Waals surface area contributed by atoms with Crippen LogP contribution >= 0.6 is 0 Å². The molecule has 144 valence electrons. The number of carbonyl (C=O) groups is 2. The van der Waals surface area contributed by atoms with Crippen LogP contribution in [0.2, 0.25) is 0 Å². The molecule has 0 aliphatic rings. The van der Waals surface area contributed by atoms with E-state index >= 15 is 0 Å². The molecule has 26 heavy (non-hydrogen) atoms. The Hall–Kier alpha value is -2.10. The third-order valence-corrected chi connectivity index (χ3v) is 4.23. The molecule has 1 aromatic rings. The van der Waals surface area contributed by atoms with E-state index in [1.807, 2.05) is 32.9 Å². The summed E-state index contributed by atoms with van der Waals surface area (Å²) in [6, 6.07) is 7.12. The normalized spacial score (nSPS) is 13.2. The van der Waals surface area contributed by atoms with E-state index in [2.05, 4.69) is 25.2 Å². The highest BCUT2D eigenvalue weighted by molar-refractivity contribution is 5.89. The first kappa shape index (κ1) is 21.9. The van der Waals surface area contributed by atoms with Crippen LogP contribution in [0.25, 0.3) is 0 Å². The summed E-state index contributed by atoms with van der Waals surface area (Å²) in [5, 5.41) is 3.21. The highest BCUT2D eigenvalue weighted by Crippen LogP contribution is 2.28. The van der Waals surface area contributed by atoms with Crippen molar-refractivity contribution >= 4 is 11.9 Å². The van der Waals surface area contributed by atoms with E-state index in [1.54, 1.807) is 12.1 Å². The lowest BCUT2D eigenvalue weighted by atomic mass is 9.90. The van der Waals surface area contributed by atoms with Gasteiger partial charge in [-0.25, -0.2) is 4.79 Å². The number of carbonyl (C=O) groups excluding carboxylic acids is 2. The number of allylic oxidation sites excluding steroid dienone is 1. The zero-order chi connectivity index (χ0) is 19.7. The van der Waals surface area contributed by atoms with E-state index in [0.29, 0.717) is 5.56 Å². The van der Waals surface area contributed by atoms with Gasteiger partial charge < -0.3 is 10.1 Å². The number of benzene rings is 1. The third-order valence-electron chi connectivity index (χ3n) is 4.23. The predicted molar refractivity (Wildman–Crippen MR) is 106 cm³/mol. The lowest BCUT2D eigenvalue weighted by Crippen LogP contribution is -2.38. The van der Waals surface area contributed by atoms with Gasteiger partial charge in [0, 0.05) is 5.41 Å². The van der Waals surface area contributed by atoms with E-state index in [1.165, 1.54) is 12.7 Å². The first-order valence-corrected chi connectivity index (χ1v) is 9.42. The maximum Gasteiger partial charge on any atom is 0.337 e. The van der Waals surface area contributed by atoms with Gasteiger partial charge in [0.15, 0.2) is 0 Å². The molecule has 0 aromatic heterocycles. The molecule has 0 aliphatic carbocycles. The summed E-state index contributed by atoms with van der Waals surface area (Å²) in [7, 11) is 1.37. The number of hydrogen-bond donors (Lipinski definition) is 1. The molecule has 4 heteroatoms. The fourth-order valence-corrected chi connectivity index (χ4v) is 2.65. The smallest absolute Gasteiger partial charge is 0.337 e. The molecule has 0 fully saturated rings. The molecule has 0 spiro atoms. The summed E-state index contributed by atoms with van der Waals surface area (Å²) in [6.45, 7) is 10.0. The Labute approximate surface area is 158 Å². The lowest BCUT2D eigenvalue weighted by Gasteiger charge is -2.27. The van der Waals surface area contributed by atoms with Gasteiger partial charge in [0.1, 0.15) is 0 Å². The number of rotatable bonds is 8. The molecule has 1 N–H and O–H groups in total. The number of hydrogen-bond acceptors (Lipinski definition) is 3. The van der Waals surface area contributed by atoms with Crippen LogP contribution in [0.15, 0.2) is 35.9 Å². The fourth-order valence-electron chi connectivity index (χ4n) is 2.65. The van der Waals surface area contributed by atoms with Crippen LogP contribution in [0.5, 0.6) is 0 Å². The van der Waals surface area contributed by atoms with Gasteiger partial charge in [0.25, 0.3) is 0 Å². The average molecular weight is 360 g/mol. The van der Waals surface area contributed by atoms with E-state index in [0.717, 1.165) is 31.2 Å². The van der Waals surface area contributed by atoms with Crippen molar-refractivity contribution in [1.82, 2.24) is 5.32 Å². The van der Waals surface area contributed by atoms with E-state index in [4.69, 9.17) is 4.74 Å². The number of methoxy groups -OCH3 is 1. The van der Waals surface area contributed by atoms with Gasteiger partial charge >= 0.3 is 5.97 Å². The van der Waals surface area contributed by atoms with Crippen molar-refractivity contribution in [3.05, 3.63) is 47.0 Å². The number of ether oxygens (including phenoxy) is 1. The van der Waals surface area contributed by atoms with Gasteiger partial charge in [-0.15, -0.1) is 0 Å². The molecule has 0 radical (unpaired) electrons. The Morgan fingerprint density at radius 3 is 2.19 bits per heavy atom. The highest BCUT2D eigenvalue weighted by Gasteiger charge is 2.26. The average Bonchev–Trinajstić information content (AvgIpc) is 2.62. The van der Waals surface area contributed by atoms with Crippen molar-refractivity contribution in [3.63, 3.8) is 0 Å². The van der Waals surface area contributed by atoms with Crippen LogP contribution in [0.3, 0.4) is 0 Å².